The summed E-state index contributed by atoms with van der Waals surface area (Å²) >= 11 is 8.99. The first-order valence-electron chi connectivity index (χ1n) is 6.18. The molecule has 8 heteroatoms. The number of halogens is 3. The number of piperidine rings is 1. The molecule has 0 atom stereocenters. The lowest BCUT2D eigenvalue weighted by molar-refractivity contribution is 0.298. The third-order valence-electron chi connectivity index (χ3n) is 3.42. The van der Waals surface area contributed by atoms with Crippen molar-refractivity contribution in [3.8, 4) is 0 Å². The normalized spacial score (nSPS) is 18.4. The molecule has 0 aliphatic carbocycles. The predicted octanol–water partition coefficient (Wildman–Crippen LogP) is 2.61. The van der Waals surface area contributed by atoms with Crippen LogP contribution in [0.3, 0.4) is 0 Å². The summed E-state index contributed by atoms with van der Waals surface area (Å²) in [6.45, 7) is 0.849. The molecule has 1 N–H and O–H groups in total. The molecule has 0 amide bonds. The molecule has 1 aromatic carbocycles. The largest absolute Gasteiger partial charge is 0.317 e. The van der Waals surface area contributed by atoms with Crippen LogP contribution in [0.15, 0.2) is 21.5 Å². The van der Waals surface area contributed by atoms with Gasteiger partial charge in [0.15, 0.2) is 0 Å². The summed E-state index contributed by atoms with van der Waals surface area (Å²) in [7, 11) is -1.85. The highest BCUT2D eigenvalue weighted by Gasteiger charge is 2.32. The molecular weight excluding hydrogens is 371 g/mol. The van der Waals surface area contributed by atoms with Crippen molar-refractivity contribution in [3.63, 3.8) is 0 Å². The fraction of sp³-hybridized carbons (Fsp3) is 0.500. The van der Waals surface area contributed by atoms with E-state index in [1.807, 2.05) is 7.05 Å². The molecule has 2 rings (SSSR count). The SMILES string of the molecule is CNC1CCN(S(=O)(=O)c2c(Cl)cc(F)cc2Br)CC1. The van der Waals surface area contributed by atoms with Gasteiger partial charge in [-0.3, -0.25) is 0 Å². The Morgan fingerprint density at radius 3 is 2.50 bits per heavy atom. The van der Waals surface area contributed by atoms with Gasteiger partial charge in [-0.05, 0) is 48.0 Å². The van der Waals surface area contributed by atoms with E-state index in [1.165, 1.54) is 4.31 Å². The maximum Gasteiger partial charge on any atom is 0.245 e. The van der Waals surface area contributed by atoms with Crippen LogP contribution in [-0.2, 0) is 10.0 Å². The van der Waals surface area contributed by atoms with Crippen molar-refractivity contribution in [2.24, 2.45) is 0 Å². The molecule has 1 aromatic rings. The van der Waals surface area contributed by atoms with Crippen molar-refractivity contribution >= 4 is 37.6 Å². The minimum atomic E-state index is -3.71. The van der Waals surface area contributed by atoms with Gasteiger partial charge in [-0.1, -0.05) is 11.6 Å². The molecule has 1 saturated heterocycles. The first-order chi connectivity index (χ1) is 9.36. The van der Waals surface area contributed by atoms with Crippen LogP contribution in [0.25, 0.3) is 0 Å². The Labute approximate surface area is 131 Å². The average Bonchev–Trinajstić information content (AvgIpc) is 2.37. The highest BCUT2D eigenvalue weighted by Crippen LogP contribution is 2.33. The van der Waals surface area contributed by atoms with E-state index < -0.39 is 15.8 Å². The maximum atomic E-state index is 13.2. The zero-order valence-corrected chi connectivity index (χ0v) is 14.0. The van der Waals surface area contributed by atoms with Gasteiger partial charge in [0.05, 0.1) is 5.02 Å². The maximum absolute atomic E-state index is 13.2. The van der Waals surface area contributed by atoms with E-state index in [1.54, 1.807) is 0 Å². The first kappa shape index (κ1) is 16.2. The summed E-state index contributed by atoms with van der Waals surface area (Å²) in [6, 6.07) is 2.45. The second-order valence-electron chi connectivity index (χ2n) is 4.67. The Hall–Kier alpha value is -0.210. The van der Waals surface area contributed by atoms with Crippen LogP contribution in [0.2, 0.25) is 5.02 Å². The fourth-order valence-electron chi connectivity index (χ4n) is 2.29. The minimum absolute atomic E-state index is 0.0662. The number of nitrogens with zero attached hydrogens (tertiary/aromatic N) is 1. The fourth-order valence-corrected chi connectivity index (χ4v) is 5.51. The van der Waals surface area contributed by atoms with Gasteiger partial charge in [-0.25, -0.2) is 12.8 Å². The summed E-state index contributed by atoms with van der Waals surface area (Å²) in [5.74, 6) is -0.574. The van der Waals surface area contributed by atoms with Crippen molar-refractivity contribution in [3.05, 3.63) is 27.4 Å². The van der Waals surface area contributed by atoms with Crippen molar-refractivity contribution in [1.82, 2.24) is 9.62 Å². The summed E-state index contributed by atoms with van der Waals surface area (Å²) in [6.07, 6.45) is 1.48. The van der Waals surface area contributed by atoms with Gasteiger partial charge in [0, 0.05) is 23.6 Å². The molecule has 1 fully saturated rings. The number of benzene rings is 1. The Morgan fingerprint density at radius 1 is 1.40 bits per heavy atom. The number of rotatable bonds is 3. The Morgan fingerprint density at radius 2 is 2.00 bits per heavy atom. The second-order valence-corrected chi connectivity index (χ2v) is 7.80. The number of hydrogen-bond acceptors (Lipinski definition) is 3. The van der Waals surface area contributed by atoms with Crippen LogP contribution >= 0.6 is 27.5 Å². The highest BCUT2D eigenvalue weighted by molar-refractivity contribution is 9.10. The van der Waals surface area contributed by atoms with Gasteiger partial charge in [0.1, 0.15) is 10.7 Å². The lowest BCUT2D eigenvalue weighted by Crippen LogP contribution is -2.44. The van der Waals surface area contributed by atoms with Crippen molar-refractivity contribution in [2.75, 3.05) is 20.1 Å². The zero-order chi connectivity index (χ0) is 14.9. The zero-order valence-electron chi connectivity index (χ0n) is 10.9. The van der Waals surface area contributed by atoms with Gasteiger partial charge in [0.2, 0.25) is 10.0 Å². The minimum Gasteiger partial charge on any atom is -0.317 e. The van der Waals surface area contributed by atoms with E-state index in [2.05, 4.69) is 21.2 Å². The topological polar surface area (TPSA) is 49.4 Å². The second kappa shape index (κ2) is 6.27. The van der Waals surface area contributed by atoms with Gasteiger partial charge in [-0.15, -0.1) is 0 Å². The molecule has 0 bridgehead atoms. The monoisotopic (exact) mass is 384 g/mol. The van der Waals surface area contributed by atoms with Crippen LogP contribution in [0.4, 0.5) is 4.39 Å². The molecule has 0 spiro atoms. The Balaban J connectivity index is 2.32. The highest BCUT2D eigenvalue weighted by atomic mass is 79.9. The van der Waals surface area contributed by atoms with Gasteiger partial charge in [-0.2, -0.15) is 4.31 Å². The van der Waals surface area contributed by atoms with Crippen LogP contribution in [0.1, 0.15) is 12.8 Å². The molecule has 1 aliphatic heterocycles. The first-order valence-corrected chi connectivity index (χ1v) is 8.79. The smallest absolute Gasteiger partial charge is 0.245 e. The van der Waals surface area contributed by atoms with Crippen molar-refractivity contribution in [1.29, 1.82) is 0 Å². The van der Waals surface area contributed by atoms with Crippen molar-refractivity contribution in [2.45, 2.75) is 23.8 Å². The van der Waals surface area contributed by atoms with Crippen molar-refractivity contribution < 1.29 is 12.8 Å². The lowest BCUT2D eigenvalue weighted by atomic mass is 10.1. The van der Waals surface area contributed by atoms with Gasteiger partial charge < -0.3 is 5.32 Å². The van der Waals surface area contributed by atoms with E-state index in [0.29, 0.717) is 19.1 Å². The van der Waals surface area contributed by atoms with E-state index in [4.69, 9.17) is 11.6 Å². The van der Waals surface area contributed by atoms with Crippen LogP contribution in [0.5, 0.6) is 0 Å². The number of nitrogens with one attached hydrogen (secondary N) is 1. The summed E-state index contributed by atoms with van der Waals surface area (Å²) in [5.41, 5.74) is 0. The molecule has 0 aromatic heterocycles. The van der Waals surface area contributed by atoms with Gasteiger partial charge >= 0.3 is 0 Å². The standard InChI is InChI=1S/C12H15BrClFN2O2S/c1-16-9-2-4-17(5-3-9)20(18,19)12-10(13)6-8(15)7-11(12)14/h6-7,9,16H,2-5H2,1H3. The molecule has 4 nitrogen and oxygen atoms in total. The molecule has 112 valence electrons. The number of sulfonamides is 1. The Kier molecular flexibility index (Phi) is 5.07. The van der Waals surface area contributed by atoms with Crippen LogP contribution in [-0.4, -0.2) is 38.9 Å². The van der Waals surface area contributed by atoms with E-state index in [-0.39, 0.29) is 14.4 Å². The van der Waals surface area contributed by atoms with E-state index >= 15 is 0 Å². The van der Waals surface area contributed by atoms with E-state index in [9.17, 15) is 12.8 Å². The molecule has 0 radical (unpaired) electrons. The third-order valence-corrected chi connectivity index (χ3v) is 6.72. The summed E-state index contributed by atoms with van der Waals surface area (Å²) in [5, 5.41) is 3.04. The Bertz CT molecular complexity index is 580. The van der Waals surface area contributed by atoms with E-state index in [0.717, 1.165) is 25.0 Å². The predicted molar refractivity (Wildman–Crippen MR) is 80.0 cm³/mol. The molecule has 1 heterocycles. The van der Waals surface area contributed by atoms with Gasteiger partial charge in [0.25, 0.3) is 0 Å². The average molecular weight is 386 g/mol. The molecule has 1 aliphatic rings. The van der Waals surface area contributed by atoms with Crippen LogP contribution < -0.4 is 5.32 Å². The lowest BCUT2D eigenvalue weighted by Gasteiger charge is -2.31. The molecule has 0 unspecified atom stereocenters. The third kappa shape index (κ3) is 3.17. The molecule has 0 saturated carbocycles. The number of hydrogen-bond donors (Lipinski definition) is 1. The summed E-state index contributed by atoms with van der Waals surface area (Å²) in [4.78, 5) is -0.0662. The quantitative estimate of drug-likeness (QED) is 0.870. The summed E-state index contributed by atoms with van der Waals surface area (Å²) < 4.78 is 40.0. The molecule has 20 heavy (non-hydrogen) atoms. The molecular formula is C12H15BrClFN2O2S. The van der Waals surface area contributed by atoms with Crippen LogP contribution in [0, 0.1) is 5.82 Å².